The third-order valence-corrected chi connectivity index (χ3v) is 4.49. The van der Waals surface area contributed by atoms with Crippen molar-refractivity contribution in [1.82, 2.24) is 15.2 Å². The molecule has 0 aliphatic carbocycles. The van der Waals surface area contributed by atoms with E-state index in [0.717, 1.165) is 20.9 Å². The first-order valence-electron chi connectivity index (χ1n) is 8.01. The standard InChI is InChI=1S/C20H14BrN3O2/c21-15-5-1-3-13(9-15)17-11-23-24-19(20(17)25)12-26-16-6-7-18-14(10-16)4-2-8-22-18/h1-11H,12H2,(H,23,25). The fraction of sp³-hybridized carbons (Fsp3) is 0.0500. The molecule has 0 aliphatic heterocycles. The number of aromatic amines is 1. The second-order valence-electron chi connectivity index (χ2n) is 5.73. The van der Waals surface area contributed by atoms with Crippen molar-refractivity contribution in [3.05, 3.63) is 87.4 Å². The van der Waals surface area contributed by atoms with Crippen molar-refractivity contribution >= 4 is 26.8 Å². The van der Waals surface area contributed by atoms with E-state index in [-0.39, 0.29) is 12.0 Å². The lowest BCUT2D eigenvalue weighted by Gasteiger charge is -2.08. The van der Waals surface area contributed by atoms with Gasteiger partial charge in [0, 0.05) is 27.8 Å². The van der Waals surface area contributed by atoms with Gasteiger partial charge in [-0.3, -0.25) is 14.9 Å². The van der Waals surface area contributed by atoms with Gasteiger partial charge in [0.2, 0.25) is 5.43 Å². The highest BCUT2D eigenvalue weighted by atomic mass is 79.9. The molecular weight excluding hydrogens is 394 g/mol. The summed E-state index contributed by atoms with van der Waals surface area (Å²) in [6, 6.07) is 17.0. The summed E-state index contributed by atoms with van der Waals surface area (Å²) < 4.78 is 6.69. The molecule has 0 amide bonds. The highest BCUT2D eigenvalue weighted by molar-refractivity contribution is 9.10. The van der Waals surface area contributed by atoms with Crippen molar-refractivity contribution in [2.24, 2.45) is 0 Å². The van der Waals surface area contributed by atoms with Crippen molar-refractivity contribution in [2.45, 2.75) is 6.61 Å². The Hall–Kier alpha value is -2.99. The van der Waals surface area contributed by atoms with Crippen LogP contribution in [0.4, 0.5) is 0 Å². The molecule has 0 atom stereocenters. The number of rotatable bonds is 4. The molecule has 1 N–H and O–H groups in total. The minimum absolute atomic E-state index is 0.0863. The Morgan fingerprint density at radius 3 is 2.88 bits per heavy atom. The zero-order valence-corrected chi connectivity index (χ0v) is 15.2. The number of fused-ring (bicyclic) bond motifs is 1. The van der Waals surface area contributed by atoms with Gasteiger partial charge in [-0.05, 0) is 42.0 Å². The molecule has 26 heavy (non-hydrogen) atoms. The molecule has 0 bridgehead atoms. The summed E-state index contributed by atoms with van der Waals surface area (Å²) >= 11 is 3.43. The Bertz CT molecular complexity index is 1140. The Morgan fingerprint density at radius 1 is 1.08 bits per heavy atom. The van der Waals surface area contributed by atoms with E-state index in [1.807, 2.05) is 54.6 Å². The summed E-state index contributed by atoms with van der Waals surface area (Å²) in [7, 11) is 0. The lowest BCUT2D eigenvalue weighted by atomic mass is 10.1. The van der Waals surface area contributed by atoms with E-state index in [4.69, 9.17) is 4.74 Å². The van der Waals surface area contributed by atoms with Crippen LogP contribution in [-0.2, 0) is 6.61 Å². The molecular formula is C20H14BrN3O2. The van der Waals surface area contributed by atoms with E-state index in [0.29, 0.717) is 17.0 Å². The molecule has 2 heterocycles. The van der Waals surface area contributed by atoms with Gasteiger partial charge in [-0.1, -0.05) is 34.1 Å². The maximum Gasteiger partial charge on any atom is 0.214 e. The Balaban J connectivity index is 1.60. The minimum Gasteiger partial charge on any atom is -0.487 e. The van der Waals surface area contributed by atoms with E-state index in [1.165, 1.54) is 0 Å². The first-order chi connectivity index (χ1) is 12.7. The van der Waals surface area contributed by atoms with Crippen LogP contribution in [-0.4, -0.2) is 15.2 Å². The molecule has 0 unspecified atom stereocenters. The smallest absolute Gasteiger partial charge is 0.214 e. The van der Waals surface area contributed by atoms with Gasteiger partial charge < -0.3 is 4.74 Å². The van der Waals surface area contributed by atoms with Gasteiger partial charge in [0.05, 0.1) is 5.52 Å². The number of ether oxygens (including phenoxy) is 1. The highest BCUT2D eigenvalue weighted by Gasteiger charge is 2.10. The maximum absolute atomic E-state index is 12.7. The van der Waals surface area contributed by atoms with Crippen LogP contribution in [0.15, 0.2) is 76.3 Å². The van der Waals surface area contributed by atoms with Crippen molar-refractivity contribution in [3.8, 4) is 16.9 Å². The van der Waals surface area contributed by atoms with Crippen LogP contribution < -0.4 is 10.2 Å². The average molecular weight is 408 g/mol. The summed E-state index contributed by atoms with van der Waals surface area (Å²) in [5.41, 5.74) is 2.45. The molecule has 0 saturated carbocycles. The van der Waals surface area contributed by atoms with Crippen molar-refractivity contribution < 1.29 is 4.74 Å². The van der Waals surface area contributed by atoms with Crippen molar-refractivity contribution in [3.63, 3.8) is 0 Å². The predicted molar refractivity (Wildman–Crippen MR) is 104 cm³/mol. The summed E-state index contributed by atoms with van der Waals surface area (Å²) in [6.07, 6.45) is 3.36. The zero-order chi connectivity index (χ0) is 17.9. The van der Waals surface area contributed by atoms with Crippen LogP contribution in [0.5, 0.6) is 5.75 Å². The monoisotopic (exact) mass is 407 g/mol. The maximum atomic E-state index is 12.7. The normalized spacial score (nSPS) is 10.8. The molecule has 2 aromatic heterocycles. The molecule has 2 aromatic carbocycles. The van der Waals surface area contributed by atoms with Crippen LogP contribution in [0.2, 0.25) is 0 Å². The number of pyridine rings is 1. The quantitative estimate of drug-likeness (QED) is 0.546. The number of benzene rings is 2. The number of nitrogens with one attached hydrogen (secondary N) is 1. The van der Waals surface area contributed by atoms with Gasteiger partial charge >= 0.3 is 0 Å². The van der Waals surface area contributed by atoms with Crippen LogP contribution in [0, 0.1) is 0 Å². The van der Waals surface area contributed by atoms with E-state index in [1.54, 1.807) is 12.4 Å². The summed E-state index contributed by atoms with van der Waals surface area (Å²) in [5.74, 6) is 0.666. The predicted octanol–water partition coefficient (Wildman–Crippen LogP) is 4.33. The summed E-state index contributed by atoms with van der Waals surface area (Å²) in [5, 5.41) is 7.86. The molecule has 5 nitrogen and oxygen atoms in total. The minimum atomic E-state index is -0.149. The van der Waals surface area contributed by atoms with E-state index < -0.39 is 0 Å². The van der Waals surface area contributed by atoms with Crippen molar-refractivity contribution in [2.75, 3.05) is 0 Å². The summed E-state index contributed by atoms with van der Waals surface area (Å²) in [4.78, 5) is 17.0. The molecule has 0 fully saturated rings. The third-order valence-electron chi connectivity index (χ3n) is 4.00. The first kappa shape index (κ1) is 16.5. The van der Waals surface area contributed by atoms with Gasteiger partial charge in [0.15, 0.2) is 0 Å². The first-order valence-corrected chi connectivity index (χ1v) is 8.80. The topological polar surface area (TPSA) is 67.9 Å². The van der Waals surface area contributed by atoms with Gasteiger partial charge in [-0.2, -0.15) is 5.10 Å². The molecule has 0 spiro atoms. The van der Waals surface area contributed by atoms with E-state index >= 15 is 0 Å². The fourth-order valence-corrected chi connectivity index (χ4v) is 3.11. The number of H-pyrrole nitrogens is 1. The van der Waals surface area contributed by atoms with E-state index in [2.05, 4.69) is 31.1 Å². The lowest BCUT2D eigenvalue weighted by molar-refractivity contribution is 0.299. The molecule has 0 aliphatic rings. The van der Waals surface area contributed by atoms with Crippen LogP contribution in [0.3, 0.4) is 0 Å². The van der Waals surface area contributed by atoms with Gasteiger partial charge in [0.25, 0.3) is 0 Å². The number of halogens is 1. The third kappa shape index (κ3) is 3.36. The lowest BCUT2D eigenvalue weighted by Crippen LogP contribution is -2.17. The second-order valence-corrected chi connectivity index (χ2v) is 6.65. The largest absolute Gasteiger partial charge is 0.487 e. The molecule has 128 valence electrons. The number of nitrogens with zero attached hydrogens (tertiary/aromatic N) is 2. The Kier molecular flexibility index (Phi) is 4.50. The molecule has 4 aromatic rings. The number of hydrogen-bond donors (Lipinski definition) is 1. The average Bonchev–Trinajstić information content (AvgIpc) is 2.67. The fourth-order valence-electron chi connectivity index (χ4n) is 2.71. The highest BCUT2D eigenvalue weighted by Crippen LogP contribution is 2.21. The van der Waals surface area contributed by atoms with Crippen LogP contribution >= 0.6 is 15.9 Å². The SMILES string of the molecule is O=c1c(-c2cccc(Br)c2)c[nH]nc1COc1ccc2ncccc2c1. The molecule has 4 rings (SSSR count). The Labute approximate surface area is 157 Å². The molecule has 0 radical (unpaired) electrons. The number of hydrogen-bond acceptors (Lipinski definition) is 4. The summed E-state index contributed by atoms with van der Waals surface area (Å²) in [6.45, 7) is 0.0863. The van der Waals surface area contributed by atoms with Gasteiger partial charge in [-0.25, -0.2) is 0 Å². The molecule has 6 heteroatoms. The molecule has 0 saturated heterocycles. The van der Waals surface area contributed by atoms with E-state index in [9.17, 15) is 4.79 Å². The number of aromatic nitrogens is 3. The Morgan fingerprint density at radius 2 is 2.00 bits per heavy atom. The van der Waals surface area contributed by atoms with Crippen LogP contribution in [0.25, 0.3) is 22.0 Å². The van der Waals surface area contributed by atoms with Crippen molar-refractivity contribution in [1.29, 1.82) is 0 Å². The van der Waals surface area contributed by atoms with Gasteiger partial charge in [0.1, 0.15) is 18.1 Å². The van der Waals surface area contributed by atoms with Gasteiger partial charge in [-0.15, -0.1) is 0 Å². The van der Waals surface area contributed by atoms with Crippen LogP contribution in [0.1, 0.15) is 5.69 Å². The zero-order valence-electron chi connectivity index (χ0n) is 13.6. The second kappa shape index (κ2) is 7.09.